The molecule has 0 saturated carbocycles. The molecule has 0 bridgehead atoms. The number of pyridine rings is 1. The third kappa shape index (κ3) is 5.54. The zero-order chi connectivity index (χ0) is 17.6. The molecule has 1 fully saturated rings. The molecule has 1 aromatic heterocycles. The number of sulfonamides is 1. The summed E-state index contributed by atoms with van der Waals surface area (Å²) in [6, 6.07) is 5.71. The number of carbonyl (C=O) groups excluding carboxylic acids is 1. The van der Waals surface area contributed by atoms with E-state index in [0.29, 0.717) is 6.54 Å². The van der Waals surface area contributed by atoms with Gasteiger partial charge in [0.05, 0.1) is 25.0 Å². The molecule has 7 nitrogen and oxygen atoms in total. The Hall–Kier alpha value is -1.51. The van der Waals surface area contributed by atoms with Crippen LogP contribution in [-0.2, 0) is 21.4 Å². The number of hydrogen-bond donors (Lipinski definition) is 1. The van der Waals surface area contributed by atoms with Crippen molar-refractivity contribution in [3.63, 3.8) is 0 Å². The van der Waals surface area contributed by atoms with Crippen molar-refractivity contribution >= 4 is 15.9 Å². The predicted molar refractivity (Wildman–Crippen MR) is 92.8 cm³/mol. The first-order chi connectivity index (χ1) is 11.4. The summed E-state index contributed by atoms with van der Waals surface area (Å²) >= 11 is 0. The summed E-state index contributed by atoms with van der Waals surface area (Å²) in [4.78, 5) is 18.9. The van der Waals surface area contributed by atoms with E-state index < -0.39 is 10.0 Å². The molecule has 1 aliphatic heterocycles. The van der Waals surface area contributed by atoms with Crippen molar-refractivity contribution in [3.8, 4) is 0 Å². The van der Waals surface area contributed by atoms with E-state index in [-0.39, 0.29) is 18.5 Å². The normalized spacial score (nSPS) is 19.0. The fourth-order valence-corrected chi connectivity index (χ4v) is 3.14. The number of nitrogens with one attached hydrogen (secondary N) is 1. The predicted octanol–water partition coefficient (Wildman–Crippen LogP) is 0.444. The van der Waals surface area contributed by atoms with Crippen molar-refractivity contribution in [2.75, 3.05) is 32.9 Å². The van der Waals surface area contributed by atoms with Crippen LogP contribution in [-0.4, -0.2) is 67.5 Å². The maximum atomic E-state index is 12.8. The lowest BCUT2D eigenvalue weighted by Gasteiger charge is -2.32. The maximum Gasteiger partial charge on any atom is 0.238 e. The largest absolute Gasteiger partial charge is 0.333 e. The Morgan fingerprint density at radius 2 is 2.12 bits per heavy atom. The summed E-state index contributed by atoms with van der Waals surface area (Å²) in [5, 5.41) is 3.34. The fraction of sp³-hybridized carbons (Fsp3) is 0.625. The third-order valence-corrected chi connectivity index (χ3v) is 5.55. The molecule has 1 unspecified atom stereocenters. The van der Waals surface area contributed by atoms with Crippen LogP contribution in [0.2, 0.25) is 0 Å². The maximum absolute atomic E-state index is 12.8. The molecule has 2 rings (SSSR count). The fourth-order valence-electron chi connectivity index (χ4n) is 2.80. The van der Waals surface area contributed by atoms with Gasteiger partial charge in [0, 0.05) is 19.3 Å². The minimum atomic E-state index is -3.38. The van der Waals surface area contributed by atoms with Gasteiger partial charge in [-0.1, -0.05) is 6.07 Å². The van der Waals surface area contributed by atoms with Crippen molar-refractivity contribution in [1.29, 1.82) is 0 Å². The highest BCUT2D eigenvalue weighted by atomic mass is 32.2. The molecule has 1 saturated heterocycles. The number of aromatic nitrogens is 1. The summed E-state index contributed by atoms with van der Waals surface area (Å²) < 4.78 is 24.3. The Morgan fingerprint density at radius 3 is 2.79 bits per heavy atom. The van der Waals surface area contributed by atoms with Crippen molar-refractivity contribution in [3.05, 3.63) is 30.1 Å². The van der Waals surface area contributed by atoms with E-state index in [1.807, 2.05) is 18.2 Å². The quantitative estimate of drug-likeness (QED) is 0.802. The average Bonchev–Trinajstić information content (AvgIpc) is 2.81. The molecular weight excluding hydrogens is 328 g/mol. The van der Waals surface area contributed by atoms with Crippen molar-refractivity contribution in [2.45, 2.75) is 31.8 Å². The van der Waals surface area contributed by atoms with Gasteiger partial charge < -0.3 is 10.2 Å². The van der Waals surface area contributed by atoms with Crippen LogP contribution < -0.4 is 5.32 Å². The van der Waals surface area contributed by atoms with Crippen LogP contribution in [0.15, 0.2) is 24.4 Å². The number of hydrogen-bond acceptors (Lipinski definition) is 5. The first-order valence-corrected chi connectivity index (χ1v) is 10.0. The molecule has 134 valence electrons. The van der Waals surface area contributed by atoms with Gasteiger partial charge in [0.1, 0.15) is 0 Å². The van der Waals surface area contributed by atoms with Gasteiger partial charge in [0.15, 0.2) is 0 Å². The second kappa shape index (κ2) is 8.55. The summed E-state index contributed by atoms with van der Waals surface area (Å²) in [5.41, 5.74) is 0.810. The summed E-state index contributed by atoms with van der Waals surface area (Å²) in [5.74, 6) is -0.180. The van der Waals surface area contributed by atoms with Crippen LogP contribution in [0, 0.1) is 0 Å². The van der Waals surface area contributed by atoms with Gasteiger partial charge in [-0.3, -0.25) is 9.78 Å². The molecule has 1 aliphatic rings. The van der Waals surface area contributed by atoms with Gasteiger partial charge >= 0.3 is 0 Å². The van der Waals surface area contributed by atoms with Gasteiger partial charge in [-0.05, 0) is 44.5 Å². The monoisotopic (exact) mass is 354 g/mol. The van der Waals surface area contributed by atoms with Crippen molar-refractivity contribution in [1.82, 2.24) is 19.5 Å². The van der Waals surface area contributed by atoms with Crippen LogP contribution in [0.1, 0.15) is 25.0 Å². The molecule has 0 spiro atoms. The Kier molecular flexibility index (Phi) is 6.70. The highest BCUT2D eigenvalue weighted by molar-refractivity contribution is 7.88. The van der Waals surface area contributed by atoms with Crippen LogP contribution in [0.3, 0.4) is 0 Å². The third-order valence-electron chi connectivity index (χ3n) is 4.29. The SMILES string of the molecule is CN(CC(=O)N(Cc1ccccn1)C1CCCNCC1)S(C)(=O)=O. The Bertz CT molecular complexity index is 628. The number of carbonyl (C=O) groups is 1. The molecule has 1 atom stereocenters. The Balaban J connectivity index is 2.16. The smallest absolute Gasteiger partial charge is 0.238 e. The zero-order valence-electron chi connectivity index (χ0n) is 14.3. The van der Waals surface area contributed by atoms with Crippen LogP contribution >= 0.6 is 0 Å². The summed E-state index contributed by atoms with van der Waals surface area (Å²) in [6.07, 6.45) is 5.59. The van der Waals surface area contributed by atoms with Gasteiger partial charge in [-0.15, -0.1) is 0 Å². The van der Waals surface area contributed by atoms with E-state index in [1.54, 1.807) is 11.1 Å². The molecule has 0 aliphatic carbocycles. The lowest BCUT2D eigenvalue weighted by Crippen LogP contribution is -2.46. The van der Waals surface area contributed by atoms with Gasteiger partial charge in [-0.25, -0.2) is 8.42 Å². The topological polar surface area (TPSA) is 82.6 Å². The van der Waals surface area contributed by atoms with E-state index in [9.17, 15) is 13.2 Å². The lowest BCUT2D eigenvalue weighted by atomic mass is 10.1. The molecule has 0 aromatic carbocycles. The molecule has 1 N–H and O–H groups in total. The van der Waals surface area contributed by atoms with E-state index in [1.165, 1.54) is 7.05 Å². The van der Waals surface area contributed by atoms with Crippen LogP contribution in [0.25, 0.3) is 0 Å². The second-order valence-electron chi connectivity index (χ2n) is 6.20. The Morgan fingerprint density at radius 1 is 1.33 bits per heavy atom. The lowest BCUT2D eigenvalue weighted by molar-refractivity contribution is -0.134. The first kappa shape index (κ1) is 18.8. The molecule has 0 radical (unpaired) electrons. The standard InChI is InChI=1S/C16H26N4O3S/c1-19(24(2,22)23)13-16(21)20(12-14-6-3-4-10-18-14)15-7-5-9-17-11-8-15/h3-4,6,10,15,17H,5,7-9,11-13H2,1-2H3. The highest BCUT2D eigenvalue weighted by Gasteiger charge is 2.27. The van der Waals surface area contributed by atoms with Gasteiger partial charge in [0.2, 0.25) is 15.9 Å². The van der Waals surface area contributed by atoms with E-state index in [2.05, 4.69) is 10.3 Å². The number of rotatable bonds is 6. The minimum Gasteiger partial charge on any atom is -0.333 e. The molecule has 1 amide bonds. The van der Waals surface area contributed by atoms with E-state index in [4.69, 9.17) is 0 Å². The van der Waals surface area contributed by atoms with E-state index in [0.717, 1.165) is 48.6 Å². The highest BCUT2D eigenvalue weighted by Crippen LogP contribution is 2.17. The average molecular weight is 354 g/mol. The van der Waals surface area contributed by atoms with Gasteiger partial charge in [0.25, 0.3) is 0 Å². The zero-order valence-corrected chi connectivity index (χ0v) is 15.1. The van der Waals surface area contributed by atoms with Crippen LogP contribution in [0.4, 0.5) is 0 Å². The van der Waals surface area contributed by atoms with Crippen molar-refractivity contribution in [2.24, 2.45) is 0 Å². The van der Waals surface area contributed by atoms with Crippen LogP contribution in [0.5, 0.6) is 0 Å². The molecule has 2 heterocycles. The molecule has 1 aromatic rings. The number of amides is 1. The summed E-state index contributed by atoms with van der Waals surface area (Å²) in [7, 11) is -1.95. The first-order valence-electron chi connectivity index (χ1n) is 8.19. The molecular formula is C16H26N4O3S. The van der Waals surface area contributed by atoms with Gasteiger partial charge in [-0.2, -0.15) is 4.31 Å². The molecule has 24 heavy (non-hydrogen) atoms. The number of likely N-dealkylation sites (N-methyl/N-ethyl adjacent to an activating group) is 1. The van der Waals surface area contributed by atoms with E-state index >= 15 is 0 Å². The number of nitrogens with zero attached hydrogens (tertiary/aromatic N) is 3. The second-order valence-corrected chi connectivity index (χ2v) is 8.29. The Labute approximate surface area is 144 Å². The summed E-state index contributed by atoms with van der Waals surface area (Å²) in [6.45, 7) is 2.07. The van der Waals surface area contributed by atoms with Crippen molar-refractivity contribution < 1.29 is 13.2 Å². The minimum absolute atomic E-state index is 0.0995. The molecule has 8 heteroatoms.